The van der Waals surface area contributed by atoms with Crippen molar-refractivity contribution in [2.75, 3.05) is 13.1 Å². The number of hydrogen-bond acceptors (Lipinski definition) is 5. The number of aromatic nitrogens is 4. The van der Waals surface area contributed by atoms with Crippen molar-refractivity contribution < 1.29 is 13.2 Å². The molecule has 1 amide bonds. The van der Waals surface area contributed by atoms with Crippen molar-refractivity contribution in [1.82, 2.24) is 29.0 Å². The van der Waals surface area contributed by atoms with E-state index in [1.54, 1.807) is 24.7 Å². The van der Waals surface area contributed by atoms with E-state index in [1.807, 2.05) is 41.2 Å². The SMILES string of the molecule is Cc1nc(S(=O)(=O)N2CCC(C(=O)NCc3ccccc3Cn3cccn3)CC2)cn1C. The highest BCUT2D eigenvalue weighted by atomic mass is 32.2. The summed E-state index contributed by atoms with van der Waals surface area (Å²) in [5.41, 5.74) is 2.14. The first-order chi connectivity index (χ1) is 15.3. The average Bonchev–Trinajstić information content (AvgIpc) is 3.43. The van der Waals surface area contributed by atoms with Crippen molar-refractivity contribution in [2.45, 2.75) is 37.9 Å². The van der Waals surface area contributed by atoms with Crippen LogP contribution in [0.3, 0.4) is 0 Å². The summed E-state index contributed by atoms with van der Waals surface area (Å²) in [4.78, 5) is 16.9. The number of hydrogen-bond donors (Lipinski definition) is 1. The summed E-state index contributed by atoms with van der Waals surface area (Å²) in [5, 5.41) is 7.34. The third kappa shape index (κ3) is 4.76. The van der Waals surface area contributed by atoms with Gasteiger partial charge in [-0.1, -0.05) is 24.3 Å². The molecule has 0 radical (unpaired) electrons. The lowest BCUT2D eigenvalue weighted by atomic mass is 9.97. The summed E-state index contributed by atoms with van der Waals surface area (Å²) in [5.74, 6) is 0.403. The lowest BCUT2D eigenvalue weighted by Crippen LogP contribution is -2.43. The number of carbonyl (C=O) groups is 1. The van der Waals surface area contributed by atoms with Gasteiger partial charge in [-0.3, -0.25) is 9.48 Å². The van der Waals surface area contributed by atoms with Crippen molar-refractivity contribution in [1.29, 1.82) is 0 Å². The maximum Gasteiger partial charge on any atom is 0.262 e. The molecule has 1 N–H and O–H groups in total. The van der Waals surface area contributed by atoms with Crippen LogP contribution in [0.4, 0.5) is 0 Å². The van der Waals surface area contributed by atoms with Crippen molar-refractivity contribution >= 4 is 15.9 Å². The van der Waals surface area contributed by atoms with E-state index in [0.717, 1.165) is 11.1 Å². The quantitative estimate of drug-likeness (QED) is 0.583. The minimum Gasteiger partial charge on any atom is -0.352 e. The van der Waals surface area contributed by atoms with Crippen LogP contribution in [0.5, 0.6) is 0 Å². The Labute approximate surface area is 188 Å². The molecular weight excluding hydrogens is 428 g/mol. The maximum absolute atomic E-state index is 12.9. The molecule has 1 saturated heterocycles. The molecule has 0 bridgehead atoms. The van der Waals surface area contributed by atoms with Crippen LogP contribution in [0, 0.1) is 12.8 Å². The van der Waals surface area contributed by atoms with Crippen molar-refractivity contribution in [3.63, 3.8) is 0 Å². The molecule has 3 aromatic rings. The monoisotopic (exact) mass is 456 g/mol. The minimum atomic E-state index is -3.64. The number of nitrogens with one attached hydrogen (secondary N) is 1. The lowest BCUT2D eigenvalue weighted by molar-refractivity contribution is -0.126. The van der Waals surface area contributed by atoms with Gasteiger partial charge < -0.3 is 9.88 Å². The predicted molar refractivity (Wildman–Crippen MR) is 119 cm³/mol. The zero-order chi connectivity index (χ0) is 22.7. The highest BCUT2D eigenvalue weighted by Crippen LogP contribution is 2.24. The second-order valence-corrected chi connectivity index (χ2v) is 9.99. The average molecular weight is 457 g/mol. The van der Waals surface area contributed by atoms with Crippen LogP contribution in [-0.2, 0) is 35.0 Å². The largest absolute Gasteiger partial charge is 0.352 e. The van der Waals surface area contributed by atoms with Crippen LogP contribution >= 0.6 is 0 Å². The zero-order valence-corrected chi connectivity index (χ0v) is 19.1. The highest BCUT2D eigenvalue weighted by Gasteiger charge is 2.33. The van der Waals surface area contributed by atoms with Gasteiger partial charge in [0.1, 0.15) is 5.82 Å². The van der Waals surface area contributed by atoms with Gasteiger partial charge >= 0.3 is 0 Å². The summed E-state index contributed by atoms with van der Waals surface area (Å²) in [6.07, 6.45) is 6.16. The van der Waals surface area contributed by atoms with Gasteiger partial charge in [0.15, 0.2) is 5.03 Å². The first-order valence-corrected chi connectivity index (χ1v) is 12.1. The number of imidazole rings is 1. The van der Waals surface area contributed by atoms with E-state index < -0.39 is 10.0 Å². The molecule has 0 unspecified atom stereocenters. The fraction of sp³-hybridized carbons (Fsp3) is 0.409. The Bertz CT molecular complexity index is 1160. The zero-order valence-electron chi connectivity index (χ0n) is 18.3. The summed E-state index contributed by atoms with van der Waals surface area (Å²) in [7, 11) is -1.87. The topological polar surface area (TPSA) is 102 Å². The number of rotatable bonds is 7. The summed E-state index contributed by atoms with van der Waals surface area (Å²) >= 11 is 0. The minimum absolute atomic E-state index is 0.0374. The molecule has 1 aliphatic heterocycles. The normalized spacial score (nSPS) is 15.7. The van der Waals surface area contributed by atoms with E-state index in [4.69, 9.17) is 0 Å². The fourth-order valence-electron chi connectivity index (χ4n) is 3.92. The molecule has 0 aliphatic carbocycles. The Balaban J connectivity index is 1.33. The third-order valence-electron chi connectivity index (χ3n) is 5.98. The molecule has 0 spiro atoms. The molecule has 10 heteroatoms. The van der Waals surface area contributed by atoms with Gasteiger partial charge in [-0.25, -0.2) is 13.4 Å². The van der Waals surface area contributed by atoms with Crippen LogP contribution in [0.15, 0.2) is 53.9 Å². The second kappa shape index (κ2) is 9.25. The molecule has 0 saturated carbocycles. The van der Waals surface area contributed by atoms with Gasteiger partial charge in [0.25, 0.3) is 10.0 Å². The Morgan fingerprint density at radius 1 is 1.16 bits per heavy atom. The van der Waals surface area contributed by atoms with E-state index in [0.29, 0.717) is 44.8 Å². The van der Waals surface area contributed by atoms with Gasteiger partial charge in [0, 0.05) is 51.2 Å². The molecule has 0 atom stereocenters. The molecule has 1 aromatic carbocycles. The maximum atomic E-state index is 12.9. The Hall–Kier alpha value is -2.98. The first-order valence-electron chi connectivity index (χ1n) is 10.7. The molecule has 170 valence electrons. The van der Waals surface area contributed by atoms with Gasteiger partial charge in [-0.15, -0.1) is 0 Å². The Morgan fingerprint density at radius 3 is 2.50 bits per heavy atom. The van der Waals surface area contributed by atoms with Crippen LogP contribution in [-0.4, -0.2) is 51.1 Å². The number of aryl methyl sites for hydroxylation is 2. The molecule has 32 heavy (non-hydrogen) atoms. The predicted octanol–water partition coefficient (Wildman–Crippen LogP) is 1.69. The van der Waals surface area contributed by atoms with Crippen molar-refractivity contribution in [3.05, 3.63) is 65.9 Å². The van der Waals surface area contributed by atoms with E-state index >= 15 is 0 Å². The number of benzene rings is 1. The smallest absolute Gasteiger partial charge is 0.262 e. The van der Waals surface area contributed by atoms with Gasteiger partial charge in [0.05, 0.1) is 6.54 Å². The third-order valence-corrected chi connectivity index (χ3v) is 7.75. The molecule has 1 aliphatic rings. The standard InChI is InChI=1S/C22H28N6O3S/c1-17-25-21(16-26(17)2)32(30,31)28-12-8-18(9-13-28)22(29)23-14-19-6-3-4-7-20(19)15-27-11-5-10-24-27/h3-7,10-11,16,18H,8-9,12-15H2,1-2H3,(H,23,29). The summed E-state index contributed by atoms with van der Waals surface area (Å²) < 4.78 is 30.7. The second-order valence-electron chi connectivity index (χ2n) is 8.11. The lowest BCUT2D eigenvalue weighted by Gasteiger charge is -2.30. The van der Waals surface area contributed by atoms with Crippen LogP contribution in [0.1, 0.15) is 29.8 Å². The van der Waals surface area contributed by atoms with Crippen LogP contribution in [0.2, 0.25) is 0 Å². The van der Waals surface area contributed by atoms with Crippen LogP contribution < -0.4 is 5.32 Å². The van der Waals surface area contributed by atoms with E-state index in [-0.39, 0.29) is 16.9 Å². The number of sulfonamides is 1. The first kappa shape index (κ1) is 22.2. The molecular formula is C22H28N6O3S. The van der Waals surface area contributed by atoms with Gasteiger partial charge in [-0.05, 0) is 37.0 Å². The summed E-state index contributed by atoms with van der Waals surface area (Å²) in [6.45, 7) is 3.46. The van der Waals surface area contributed by atoms with Gasteiger partial charge in [0.2, 0.25) is 5.91 Å². The van der Waals surface area contributed by atoms with Crippen molar-refractivity contribution in [2.24, 2.45) is 13.0 Å². The molecule has 2 aromatic heterocycles. The number of piperidine rings is 1. The number of nitrogens with zero attached hydrogens (tertiary/aromatic N) is 5. The number of carbonyl (C=O) groups excluding carboxylic acids is 1. The number of amides is 1. The van der Waals surface area contributed by atoms with Crippen LogP contribution in [0.25, 0.3) is 0 Å². The molecule has 3 heterocycles. The highest BCUT2D eigenvalue weighted by molar-refractivity contribution is 7.89. The van der Waals surface area contributed by atoms with Gasteiger partial charge in [-0.2, -0.15) is 9.40 Å². The van der Waals surface area contributed by atoms with E-state index in [1.165, 1.54) is 10.5 Å². The van der Waals surface area contributed by atoms with E-state index in [2.05, 4.69) is 15.4 Å². The Kier molecular flexibility index (Phi) is 6.43. The summed E-state index contributed by atoms with van der Waals surface area (Å²) in [6, 6.07) is 9.85. The molecule has 1 fully saturated rings. The molecule has 9 nitrogen and oxygen atoms in total. The van der Waals surface area contributed by atoms with E-state index in [9.17, 15) is 13.2 Å². The Morgan fingerprint density at radius 2 is 1.88 bits per heavy atom. The van der Waals surface area contributed by atoms with Crippen molar-refractivity contribution in [3.8, 4) is 0 Å². The molecule has 4 rings (SSSR count). The fourth-order valence-corrected chi connectivity index (χ4v) is 5.42.